The molecule has 0 fully saturated rings. The van der Waals surface area contributed by atoms with E-state index in [4.69, 9.17) is 0 Å². The first-order valence-corrected chi connectivity index (χ1v) is 19.4. The zero-order valence-electron chi connectivity index (χ0n) is 30.8. The average molecular weight is 709 g/mol. The second-order valence-electron chi connectivity index (χ2n) is 14.8. The highest BCUT2D eigenvalue weighted by atomic mass is 14.2. The molecule has 0 saturated heterocycles. The van der Waals surface area contributed by atoms with E-state index in [-0.39, 0.29) is 0 Å². The Morgan fingerprint density at radius 2 is 0.625 bits per heavy atom. The maximum Gasteiger partial charge on any atom is -0.00199 e. The molecule has 11 aromatic rings. The van der Waals surface area contributed by atoms with Crippen LogP contribution < -0.4 is 0 Å². The van der Waals surface area contributed by atoms with Gasteiger partial charge in [-0.25, -0.2) is 0 Å². The van der Waals surface area contributed by atoms with E-state index < -0.39 is 0 Å². The van der Waals surface area contributed by atoms with Crippen molar-refractivity contribution in [2.75, 3.05) is 0 Å². The van der Waals surface area contributed by atoms with E-state index in [0.717, 1.165) is 0 Å². The highest BCUT2D eigenvalue weighted by molar-refractivity contribution is 6.25. The number of fused-ring (bicyclic) bond motifs is 5. The molecule has 11 rings (SSSR count). The molecule has 0 heteroatoms. The molecule has 260 valence electrons. The van der Waals surface area contributed by atoms with Gasteiger partial charge >= 0.3 is 0 Å². The molecular weight excluding hydrogens is 673 g/mol. The first-order valence-electron chi connectivity index (χ1n) is 19.4. The van der Waals surface area contributed by atoms with Crippen LogP contribution in [-0.4, -0.2) is 0 Å². The Balaban J connectivity index is 1.18. The second-order valence-corrected chi connectivity index (χ2v) is 14.8. The van der Waals surface area contributed by atoms with Crippen LogP contribution in [-0.2, 0) is 0 Å². The molecule has 0 nitrogen and oxygen atoms in total. The first kappa shape index (κ1) is 32.2. The standard InChI is InChI=1S/C56H36/c1-2-16-42-35-44(32-29-37(42)13-1)48-21-7-8-22-49(48)56-52-24-10-9-23-51(52)55(50-26-12-18-40-15-4-6-20-47(40)50)53-34-33-43(36-54(53)56)38-27-30-41(31-28-38)46-25-11-17-39-14-3-5-19-45(39)46/h1-36H. The van der Waals surface area contributed by atoms with E-state index in [1.165, 1.54) is 109 Å². The van der Waals surface area contributed by atoms with Crippen molar-refractivity contribution in [1.29, 1.82) is 0 Å². The van der Waals surface area contributed by atoms with Crippen molar-refractivity contribution in [3.8, 4) is 55.6 Å². The lowest BCUT2D eigenvalue weighted by Gasteiger charge is -2.21. The molecule has 0 radical (unpaired) electrons. The van der Waals surface area contributed by atoms with E-state index >= 15 is 0 Å². The third-order valence-electron chi connectivity index (χ3n) is 11.7. The third kappa shape index (κ3) is 5.30. The van der Waals surface area contributed by atoms with Crippen LogP contribution in [0.3, 0.4) is 0 Å². The Kier molecular flexibility index (Phi) is 7.60. The van der Waals surface area contributed by atoms with Gasteiger partial charge in [0.1, 0.15) is 0 Å². The Labute approximate surface area is 326 Å². The minimum Gasteiger partial charge on any atom is -0.0616 e. The third-order valence-corrected chi connectivity index (χ3v) is 11.7. The predicted octanol–water partition coefficient (Wildman–Crippen LogP) is 15.8. The summed E-state index contributed by atoms with van der Waals surface area (Å²) in [6.45, 7) is 0. The van der Waals surface area contributed by atoms with Gasteiger partial charge in [0, 0.05) is 0 Å². The summed E-state index contributed by atoms with van der Waals surface area (Å²) in [5, 5.41) is 12.5. The molecule has 0 amide bonds. The quantitative estimate of drug-likeness (QED) is 0.156. The van der Waals surface area contributed by atoms with Gasteiger partial charge in [0.2, 0.25) is 0 Å². The molecule has 0 aromatic heterocycles. The Morgan fingerprint density at radius 3 is 1.34 bits per heavy atom. The van der Waals surface area contributed by atoms with E-state index in [1.807, 2.05) is 0 Å². The van der Waals surface area contributed by atoms with Crippen LogP contribution in [0.4, 0.5) is 0 Å². The molecule has 0 N–H and O–H groups in total. The molecule has 11 aromatic carbocycles. The smallest absolute Gasteiger partial charge is 0.00199 e. The van der Waals surface area contributed by atoms with Gasteiger partial charge in [-0.05, 0) is 122 Å². The van der Waals surface area contributed by atoms with Crippen molar-refractivity contribution in [1.82, 2.24) is 0 Å². The summed E-state index contributed by atoms with van der Waals surface area (Å²) in [5.74, 6) is 0. The minimum absolute atomic E-state index is 1.20. The number of benzene rings is 11. The van der Waals surface area contributed by atoms with Crippen LogP contribution in [0.1, 0.15) is 0 Å². The summed E-state index contributed by atoms with van der Waals surface area (Å²) in [6.07, 6.45) is 0. The highest BCUT2D eigenvalue weighted by Gasteiger charge is 2.21. The van der Waals surface area contributed by atoms with Crippen molar-refractivity contribution in [3.05, 3.63) is 218 Å². The summed E-state index contributed by atoms with van der Waals surface area (Å²) in [7, 11) is 0. The fourth-order valence-corrected chi connectivity index (χ4v) is 9.01. The Morgan fingerprint density at radius 1 is 0.179 bits per heavy atom. The summed E-state index contributed by atoms with van der Waals surface area (Å²) in [4.78, 5) is 0. The van der Waals surface area contributed by atoms with Gasteiger partial charge in [-0.3, -0.25) is 0 Å². The summed E-state index contributed by atoms with van der Waals surface area (Å²) in [6, 6.07) is 80.4. The molecule has 0 saturated carbocycles. The Hall–Kier alpha value is -7.28. The monoisotopic (exact) mass is 708 g/mol. The topological polar surface area (TPSA) is 0 Å². The average Bonchev–Trinajstić information content (AvgIpc) is 3.27. The lowest BCUT2D eigenvalue weighted by molar-refractivity contribution is 1.61. The molecule has 0 aliphatic rings. The lowest BCUT2D eigenvalue weighted by Crippen LogP contribution is -1.94. The number of rotatable bonds is 5. The summed E-state index contributed by atoms with van der Waals surface area (Å²) >= 11 is 0. The van der Waals surface area contributed by atoms with Gasteiger partial charge in [0.15, 0.2) is 0 Å². The van der Waals surface area contributed by atoms with Crippen molar-refractivity contribution in [2.45, 2.75) is 0 Å². The van der Waals surface area contributed by atoms with Crippen molar-refractivity contribution >= 4 is 53.9 Å². The van der Waals surface area contributed by atoms with Gasteiger partial charge in [0.05, 0.1) is 0 Å². The van der Waals surface area contributed by atoms with Gasteiger partial charge in [-0.15, -0.1) is 0 Å². The zero-order valence-corrected chi connectivity index (χ0v) is 30.8. The molecule has 0 bridgehead atoms. The van der Waals surface area contributed by atoms with Crippen LogP contribution in [0.2, 0.25) is 0 Å². The van der Waals surface area contributed by atoms with Crippen molar-refractivity contribution in [3.63, 3.8) is 0 Å². The largest absolute Gasteiger partial charge is 0.0616 e. The molecule has 0 spiro atoms. The molecule has 0 unspecified atom stereocenters. The van der Waals surface area contributed by atoms with E-state index in [2.05, 4.69) is 218 Å². The number of hydrogen-bond donors (Lipinski definition) is 0. The lowest BCUT2D eigenvalue weighted by atomic mass is 9.82. The summed E-state index contributed by atoms with van der Waals surface area (Å²) < 4.78 is 0. The second kappa shape index (κ2) is 13.2. The van der Waals surface area contributed by atoms with Gasteiger partial charge < -0.3 is 0 Å². The molecular formula is C56H36. The van der Waals surface area contributed by atoms with Crippen LogP contribution in [0.15, 0.2) is 218 Å². The van der Waals surface area contributed by atoms with Crippen LogP contribution in [0.5, 0.6) is 0 Å². The summed E-state index contributed by atoms with van der Waals surface area (Å²) in [5.41, 5.74) is 12.3. The molecule has 0 aliphatic heterocycles. The van der Waals surface area contributed by atoms with Crippen LogP contribution in [0, 0.1) is 0 Å². The highest BCUT2D eigenvalue weighted by Crippen LogP contribution is 2.48. The van der Waals surface area contributed by atoms with E-state index in [1.54, 1.807) is 0 Å². The number of hydrogen-bond acceptors (Lipinski definition) is 0. The molecule has 0 aliphatic carbocycles. The van der Waals surface area contributed by atoms with Crippen molar-refractivity contribution < 1.29 is 0 Å². The fourth-order valence-electron chi connectivity index (χ4n) is 9.01. The van der Waals surface area contributed by atoms with Gasteiger partial charge in [-0.2, -0.15) is 0 Å². The SMILES string of the molecule is c1ccc(-c2c3ccccc3c(-c3cccc4ccccc34)c3ccc(-c4ccc(-c5cccc6ccccc56)cc4)cc23)c(-c2ccc3ccccc3c2)c1. The van der Waals surface area contributed by atoms with Crippen LogP contribution in [0.25, 0.3) is 109 Å². The Bertz CT molecular complexity index is 3280. The van der Waals surface area contributed by atoms with Crippen molar-refractivity contribution in [2.24, 2.45) is 0 Å². The minimum atomic E-state index is 1.20. The van der Waals surface area contributed by atoms with Gasteiger partial charge in [-0.1, -0.05) is 206 Å². The van der Waals surface area contributed by atoms with E-state index in [0.29, 0.717) is 0 Å². The molecule has 0 atom stereocenters. The normalized spacial score (nSPS) is 11.6. The maximum absolute atomic E-state index is 2.44. The van der Waals surface area contributed by atoms with E-state index in [9.17, 15) is 0 Å². The fraction of sp³-hybridized carbons (Fsp3) is 0. The van der Waals surface area contributed by atoms with Crippen LogP contribution >= 0.6 is 0 Å². The first-order chi connectivity index (χ1) is 27.8. The maximum atomic E-state index is 2.44. The molecule has 0 heterocycles. The molecule has 56 heavy (non-hydrogen) atoms. The predicted molar refractivity (Wildman–Crippen MR) is 241 cm³/mol. The zero-order chi connectivity index (χ0) is 37.0. The van der Waals surface area contributed by atoms with Gasteiger partial charge in [0.25, 0.3) is 0 Å².